The number of amides is 1. The second-order valence-corrected chi connectivity index (χ2v) is 7.50. The van der Waals surface area contributed by atoms with Gasteiger partial charge in [0, 0.05) is 6.54 Å². The standard InChI is InChI=1S/C19H22N2O3S/c1-4-13-20-19(22)14-21(18-12-8-9-15(2)16(18)3)25(23,24)17-10-6-5-7-11-17/h4-12H,1,13-14H2,2-3H3,(H,20,22). The van der Waals surface area contributed by atoms with Gasteiger partial charge in [0.15, 0.2) is 0 Å². The van der Waals surface area contributed by atoms with Gasteiger partial charge < -0.3 is 5.32 Å². The molecule has 1 amide bonds. The van der Waals surface area contributed by atoms with Crippen LogP contribution in [0.4, 0.5) is 5.69 Å². The number of carbonyl (C=O) groups excluding carboxylic acids is 1. The maximum absolute atomic E-state index is 13.1. The lowest BCUT2D eigenvalue weighted by atomic mass is 10.1. The van der Waals surface area contributed by atoms with E-state index < -0.39 is 10.0 Å². The largest absolute Gasteiger partial charge is 0.351 e. The molecule has 0 atom stereocenters. The minimum atomic E-state index is -3.87. The van der Waals surface area contributed by atoms with Crippen LogP contribution in [0.5, 0.6) is 0 Å². The number of hydrogen-bond donors (Lipinski definition) is 1. The quantitative estimate of drug-likeness (QED) is 0.774. The lowest BCUT2D eigenvalue weighted by Gasteiger charge is -2.26. The molecule has 2 aromatic carbocycles. The molecule has 25 heavy (non-hydrogen) atoms. The molecular formula is C19H22N2O3S. The van der Waals surface area contributed by atoms with E-state index in [4.69, 9.17) is 0 Å². The topological polar surface area (TPSA) is 66.5 Å². The van der Waals surface area contributed by atoms with E-state index in [-0.39, 0.29) is 23.9 Å². The molecule has 6 heteroatoms. The highest BCUT2D eigenvalue weighted by Gasteiger charge is 2.28. The molecule has 0 radical (unpaired) electrons. The molecule has 132 valence electrons. The first-order valence-electron chi connectivity index (χ1n) is 7.89. The third-order valence-electron chi connectivity index (χ3n) is 3.91. The summed E-state index contributed by atoms with van der Waals surface area (Å²) < 4.78 is 27.4. The average molecular weight is 358 g/mol. The Kier molecular flexibility index (Phi) is 5.98. The Bertz CT molecular complexity index is 861. The molecule has 0 saturated carbocycles. The summed E-state index contributed by atoms with van der Waals surface area (Å²) in [5.41, 5.74) is 2.27. The van der Waals surface area contributed by atoms with Gasteiger partial charge in [-0.05, 0) is 43.2 Å². The summed E-state index contributed by atoms with van der Waals surface area (Å²) in [6, 6.07) is 13.5. The highest BCUT2D eigenvalue weighted by Crippen LogP contribution is 2.28. The zero-order valence-corrected chi connectivity index (χ0v) is 15.2. The maximum Gasteiger partial charge on any atom is 0.264 e. The summed E-state index contributed by atoms with van der Waals surface area (Å²) in [7, 11) is -3.87. The first-order valence-corrected chi connectivity index (χ1v) is 9.33. The molecule has 0 bridgehead atoms. The van der Waals surface area contributed by atoms with Crippen LogP contribution in [-0.2, 0) is 14.8 Å². The van der Waals surface area contributed by atoms with Crippen molar-refractivity contribution in [3.63, 3.8) is 0 Å². The van der Waals surface area contributed by atoms with Crippen LogP contribution in [0.1, 0.15) is 11.1 Å². The van der Waals surface area contributed by atoms with E-state index in [9.17, 15) is 13.2 Å². The van der Waals surface area contributed by atoms with Crippen LogP contribution in [0, 0.1) is 13.8 Å². The van der Waals surface area contributed by atoms with Gasteiger partial charge in [-0.1, -0.05) is 36.4 Å². The van der Waals surface area contributed by atoms with E-state index in [0.717, 1.165) is 15.4 Å². The zero-order chi connectivity index (χ0) is 18.4. The molecule has 0 saturated heterocycles. The number of anilines is 1. The van der Waals surface area contributed by atoms with Gasteiger partial charge in [-0.2, -0.15) is 0 Å². The molecule has 0 aliphatic carbocycles. The maximum atomic E-state index is 13.1. The summed E-state index contributed by atoms with van der Waals surface area (Å²) in [5, 5.41) is 2.63. The van der Waals surface area contributed by atoms with Crippen molar-refractivity contribution in [2.24, 2.45) is 0 Å². The van der Waals surface area contributed by atoms with Crippen LogP contribution in [-0.4, -0.2) is 27.4 Å². The Morgan fingerprint density at radius 1 is 1.12 bits per heavy atom. The normalized spacial score (nSPS) is 11.0. The third kappa shape index (κ3) is 4.28. The highest BCUT2D eigenvalue weighted by molar-refractivity contribution is 7.92. The molecule has 0 heterocycles. The summed E-state index contributed by atoms with van der Waals surface area (Å²) >= 11 is 0. The third-order valence-corrected chi connectivity index (χ3v) is 5.68. The van der Waals surface area contributed by atoms with Crippen molar-refractivity contribution in [3.8, 4) is 0 Å². The number of aryl methyl sites for hydroxylation is 1. The van der Waals surface area contributed by atoms with Crippen molar-refractivity contribution >= 4 is 21.6 Å². The van der Waals surface area contributed by atoms with Crippen LogP contribution in [0.25, 0.3) is 0 Å². The summed E-state index contributed by atoms with van der Waals surface area (Å²) in [6.07, 6.45) is 1.55. The Morgan fingerprint density at radius 2 is 1.80 bits per heavy atom. The van der Waals surface area contributed by atoms with Gasteiger partial charge in [0.25, 0.3) is 10.0 Å². The fourth-order valence-electron chi connectivity index (χ4n) is 2.40. The van der Waals surface area contributed by atoms with Crippen LogP contribution in [0.2, 0.25) is 0 Å². The van der Waals surface area contributed by atoms with Crippen LogP contribution < -0.4 is 9.62 Å². The number of benzene rings is 2. The van der Waals surface area contributed by atoms with Gasteiger partial charge in [0.1, 0.15) is 6.54 Å². The smallest absolute Gasteiger partial charge is 0.264 e. The van der Waals surface area contributed by atoms with Gasteiger partial charge in [-0.25, -0.2) is 8.42 Å². The van der Waals surface area contributed by atoms with Crippen molar-refractivity contribution in [3.05, 3.63) is 72.3 Å². The molecule has 0 fully saturated rings. The Balaban J connectivity index is 2.51. The molecule has 2 aromatic rings. The van der Waals surface area contributed by atoms with E-state index >= 15 is 0 Å². The Hall–Kier alpha value is -2.60. The van der Waals surface area contributed by atoms with Gasteiger partial charge in [-0.15, -0.1) is 6.58 Å². The second kappa shape index (κ2) is 7.98. The molecule has 5 nitrogen and oxygen atoms in total. The van der Waals surface area contributed by atoms with Gasteiger partial charge in [-0.3, -0.25) is 9.10 Å². The lowest BCUT2D eigenvalue weighted by molar-refractivity contribution is -0.119. The fraction of sp³-hybridized carbons (Fsp3) is 0.211. The predicted molar refractivity (Wildman–Crippen MR) is 100 cm³/mol. The fourth-order valence-corrected chi connectivity index (χ4v) is 3.90. The first kappa shape index (κ1) is 18.7. The Morgan fingerprint density at radius 3 is 2.44 bits per heavy atom. The SMILES string of the molecule is C=CCNC(=O)CN(c1cccc(C)c1C)S(=O)(=O)c1ccccc1. The van der Waals surface area contributed by atoms with Gasteiger partial charge >= 0.3 is 0 Å². The van der Waals surface area contributed by atoms with E-state index in [1.807, 2.05) is 19.9 Å². The van der Waals surface area contributed by atoms with Gasteiger partial charge in [0.05, 0.1) is 10.6 Å². The predicted octanol–water partition coefficient (Wildman–Crippen LogP) is 2.80. The number of sulfonamides is 1. The van der Waals surface area contributed by atoms with Crippen molar-refractivity contribution in [1.82, 2.24) is 5.32 Å². The minimum Gasteiger partial charge on any atom is -0.351 e. The zero-order valence-electron chi connectivity index (χ0n) is 14.4. The van der Waals surface area contributed by atoms with E-state index in [0.29, 0.717) is 5.69 Å². The van der Waals surface area contributed by atoms with Crippen molar-refractivity contribution in [2.75, 3.05) is 17.4 Å². The summed E-state index contributed by atoms with van der Waals surface area (Å²) in [4.78, 5) is 12.3. The van der Waals surface area contributed by atoms with Crippen LogP contribution in [0.15, 0.2) is 66.1 Å². The van der Waals surface area contributed by atoms with E-state index in [2.05, 4.69) is 11.9 Å². The van der Waals surface area contributed by atoms with Crippen LogP contribution >= 0.6 is 0 Å². The monoisotopic (exact) mass is 358 g/mol. The number of nitrogens with one attached hydrogen (secondary N) is 1. The molecule has 0 aliphatic rings. The first-order chi connectivity index (χ1) is 11.9. The van der Waals surface area contributed by atoms with Crippen molar-refractivity contribution in [1.29, 1.82) is 0 Å². The van der Waals surface area contributed by atoms with Crippen molar-refractivity contribution in [2.45, 2.75) is 18.7 Å². The molecule has 1 N–H and O–H groups in total. The number of nitrogens with zero attached hydrogens (tertiary/aromatic N) is 1. The number of hydrogen-bond acceptors (Lipinski definition) is 3. The van der Waals surface area contributed by atoms with E-state index in [1.54, 1.807) is 36.4 Å². The van der Waals surface area contributed by atoms with Gasteiger partial charge in [0.2, 0.25) is 5.91 Å². The van der Waals surface area contributed by atoms with E-state index in [1.165, 1.54) is 12.1 Å². The molecule has 0 aromatic heterocycles. The summed E-state index contributed by atoms with van der Waals surface area (Å²) in [5.74, 6) is -0.389. The average Bonchev–Trinajstić information content (AvgIpc) is 2.61. The summed E-state index contributed by atoms with van der Waals surface area (Å²) in [6.45, 7) is 7.29. The molecule has 0 aliphatic heterocycles. The molecular weight excluding hydrogens is 336 g/mol. The highest BCUT2D eigenvalue weighted by atomic mass is 32.2. The van der Waals surface area contributed by atoms with Crippen LogP contribution in [0.3, 0.4) is 0 Å². The Labute approximate surface area is 149 Å². The molecule has 2 rings (SSSR count). The number of carbonyl (C=O) groups is 1. The minimum absolute atomic E-state index is 0.146. The second-order valence-electron chi connectivity index (χ2n) is 5.64. The van der Waals surface area contributed by atoms with Crippen molar-refractivity contribution < 1.29 is 13.2 Å². The molecule has 0 unspecified atom stereocenters. The molecule has 0 spiro atoms. The number of rotatable bonds is 7. The lowest BCUT2D eigenvalue weighted by Crippen LogP contribution is -2.41.